The minimum absolute atomic E-state index is 0.304. The van der Waals surface area contributed by atoms with E-state index < -0.39 is 46.9 Å². The lowest BCUT2D eigenvalue weighted by molar-refractivity contribution is 0.0713. The molecule has 0 heterocycles. The Morgan fingerprint density at radius 1 is 1.10 bits per heavy atom. The summed E-state index contributed by atoms with van der Waals surface area (Å²) in [6.07, 6.45) is 1.77. The zero-order valence-electron chi connectivity index (χ0n) is 10.4. The molecule has 2 unspecified atom stereocenters. The zero-order chi connectivity index (χ0) is 14.9. The van der Waals surface area contributed by atoms with Crippen molar-refractivity contribution in [2.45, 2.75) is 37.8 Å². The van der Waals surface area contributed by atoms with E-state index >= 15 is 0 Å². The summed E-state index contributed by atoms with van der Waals surface area (Å²) in [5.74, 6) is -8.45. The van der Waals surface area contributed by atoms with Gasteiger partial charge in [0.25, 0.3) is 5.91 Å². The third-order valence-electron chi connectivity index (χ3n) is 3.39. The van der Waals surface area contributed by atoms with Crippen LogP contribution >= 0.6 is 0 Å². The Labute approximate surface area is 112 Å². The monoisotopic (exact) mass is 291 g/mol. The van der Waals surface area contributed by atoms with Gasteiger partial charge in [0, 0.05) is 0 Å². The minimum atomic E-state index is -2.03. The Kier molecular flexibility index (Phi) is 4.27. The average Bonchev–Trinajstić information content (AvgIpc) is 2.43. The lowest BCUT2D eigenvalue weighted by Crippen LogP contribution is -2.45. The Hall–Kier alpha value is -1.63. The van der Waals surface area contributed by atoms with E-state index in [9.17, 15) is 27.5 Å². The van der Waals surface area contributed by atoms with Crippen LogP contribution in [-0.4, -0.2) is 23.2 Å². The molecule has 1 fully saturated rings. The minimum Gasteiger partial charge on any atom is -0.391 e. The van der Waals surface area contributed by atoms with E-state index in [-0.39, 0.29) is 0 Å². The van der Waals surface area contributed by atoms with Gasteiger partial charge in [-0.15, -0.1) is 0 Å². The molecule has 0 saturated heterocycles. The van der Waals surface area contributed by atoms with E-state index in [0.29, 0.717) is 18.9 Å². The van der Waals surface area contributed by atoms with Crippen molar-refractivity contribution in [1.82, 2.24) is 5.32 Å². The van der Waals surface area contributed by atoms with Crippen LogP contribution in [0.3, 0.4) is 0 Å². The molecule has 2 atom stereocenters. The van der Waals surface area contributed by atoms with Crippen molar-refractivity contribution in [3.63, 3.8) is 0 Å². The second kappa shape index (κ2) is 5.78. The molecule has 0 radical (unpaired) electrons. The summed E-state index contributed by atoms with van der Waals surface area (Å²) in [7, 11) is 0. The molecule has 0 bridgehead atoms. The average molecular weight is 291 g/mol. The van der Waals surface area contributed by atoms with Crippen LogP contribution < -0.4 is 5.32 Å². The van der Waals surface area contributed by atoms with Crippen LogP contribution in [0.2, 0.25) is 0 Å². The van der Waals surface area contributed by atoms with Gasteiger partial charge in [-0.1, -0.05) is 12.8 Å². The first-order valence-corrected chi connectivity index (χ1v) is 6.23. The van der Waals surface area contributed by atoms with Gasteiger partial charge < -0.3 is 10.4 Å². The topological polar surface area (TPSA) is 49.3 Å². The number of aliphatic hydroxyl groups excluding tert-OH is 1. The Morgan fingerprint density at radius 3 is 2.40 bits per heavy atom. The smallest absolute Gasteiger partial charge is 0.254 e. The molecule has 110 valence electrons. The number of carbonyl (C=O) groups excluding carboxylic acids is 1. The summed E-state index contributed by atoms with van der Waals surface area (Å²) in [4.78, 5) is 11.8. The van der Waals surface area contributed by atoms with Gasteiger partial charge in [-0.3, -0.25) is 4.79 Å². The van der Waals surface area contributed by atoms with E-state index in [1.807, 2.05) is 0 Å². The molecule has 3 nitrogen and oxygen atoms in total. The van der Waals surface area contributed by atoms with Crippen molar-refractivity contribution in [1.29, 1.82) is 0 Å². The van der Waals surface area contributed by atoms with Crippen LogP contribution in [0.5, 0.6) is 0 Å². The molecule has 1 aliphatic carbocycles. The molecule has 0 aromatic heterocycles. The van der Waals surface area contributed by atoms with Gasteiger partial charge in [0.1, 0.15) is 0 Å². The number of amides is 1. The molecule has 20 heavy (non-hydrogen) atoms. The summed E-state index contributed by atoms with van der Waals surface area (Å²) >= 11 is 0. The number of rotatable bonds is 2. The molecule has 1 aromatic carbocycles. The first-order chi connectivity index (χ1) is 9.41. The molecular weight excluding hydrogens is 278 g/mol. The van der Waals surface area contributed by atoms with Crippen LogP contribution in [0, 0.1) is 23.3 Å². The standard InChI is InChI=1S/C13H13F4NO2/c14-7-5-6(10(15)12(17)11(7)16)13(20)18-8-3-1-2-4-9(8)19/h5,8-9,19H,1-4H2,(H,18,20). The van der Waals surface area contributed by atoms with E-state index in [1.165, 1.54) is 0 Å². The highest BCUT2D eigenvalue weighted by Gasteiger charge is 2.28. The number of hydrogen-bond donors (Lipinski definition) is 2. The first kappa shape index (κ1) is 14.8. The van der Waals surface area contributed by atoms with Crippen molar-refractivity contribution in [3.05, 3.63) is 34.9 Å². The quantitative estimate of drug-likeness (QED) is 0.499. The molecule has 1 amide bonds. The van der Waals surface area contributed by atoms with Crippen LogP contribution in [0.25, 0.3) is 0 Å². The Bertz CT molecular complexity index is 536. The van der Waals surface area contributed by atoms with Crippen LogP contribution in [0.4, 0.5) is 17.6 Å². The maximum Gasteiger partial charge on any atom is 0.254 e. The lowest BCUT2D eigenvalue weighted by atomic mass is 9.92. The predicted octanol–water partition coefficient (Wildman–Crippen LogP) is 2.28. The number of hydrogen-bond acceptors (Lipinski definition) is 2. The first-order valence-electron chi connectivity index (χ1n) is 6.23. The van der Waals surface area contributed by atoms with Gasteiger partial charge in [-0.2, -0.15) is 0 Å². The maximum atomic E-state index is 13.4. The van der Waals surface area contributed by atoms with Crippen molar-refractivity contribution in [2.24, 2.45) is 0 Å². The summed E-state index contributed by atoms with van der Waals surface area (Å²) < 4.78 is 52.3. The predicted molar refractivity (Wildman–Crippen MR) is 62.0 cm³/mol. The Morgan fingerprint density at radius 2 is 1.75 bits per heavy atom. The largest absolute Gasteiger partial charge is 0.391 e. The molecule has 2 rings (SSSR count). The van der Waals surface area contributed by atoms with Gasteiger partial charge in [-0.25, -0.2) is 17.6 Å². The molecule has 1 aromatic rings. The number of aliphatic hydroxyl groups is 1. The van der Waals surface area contributed by atoms with Gasteiger partial charge in [0.15, 0.2) is 23.3 Å². The maximum absolute atomic E-state index is 13.4. The number of benzene rings is 1. The molecule has 0 aliphatic heterocycles. The molecule has 7 heteroatoms. The second-order valence-corrected chi connectivity index (χ2v) is 4.78. The van der Waals surface area contributed by atoms with Crippen molar-refractivity contribution >= 4 is 5.91 Å². The second-order valence-electron chi connectivity index (χ2n) is 4.78. The summed E-state index contributed by atoms with van der Waals surface area (Å²) in [5.41, 5.74) is -0.917. The van der Waals surface area contributed by atoms with Crippen LogP contribution in [-0.2, 0) is 0 Å². The highest BCUT2D eigenvalue weighted by Crippen LogP contribution is 2.21. The summed E-state index contributed by atoms with van der Waals surface area (Å²) in [6, 6.07) is -0.301. The van der Waals surface area contributed by atoms with E-state index in [0.717, 1.165) is 12.8 Å². The molecule has 2 N–H and O–H groups in total. The molecule has 0 spiro atoms. The van der Waals surface area contributed by atoms with E-state index in [2.05, 4.69) is 5.32 Å². The molecular formula is C13H13F4NO2. The summed E-state index contributed by atoms with van der Waals surface area (Å²) in [6.45, 7) is 0. The van der Waals surface area contributed by atoms with Crippen molar-refractivity contribution in [2.75, 3.05) is 0 Å². The van der Waals surface area contributed by atoms with E-state index in [1.54, 1.807) is 0 Å². The highest BCUT2D eigenvalue weighted by molar-refractivity contribution is 5.94. The zero-order valence-corrected chi connectivity index (χ0v) is 10.4. The fourth-order valence-corrected chi connectivity index (χ4v) is 2.26. The Balaban J connectivity index is 2.21. The van der Waals surface area contributed by atoms with Gasteiger partial charge in [-0.05, 0) is 18.9 Å². The third kappa shape index (κ3) is 2.77. The normalized spacial score (nSPS) is 22.6. The molecule has 1 aliphatic rings. The van der Waals surface area contributed by atoms with Gasteiger partial charge in [0.2, 0.25) is 0 Å². The number of halogens is 4. The summed E-state index contributed by atoms with van der Waals surface area (Å²) in [5, 5.41) is 12.0. The highest BCUT2D eigenvalue weighted by atomic mass is 19.2. The number of nitrogens with one attached hydrogen (secondary N) is 1. The fourth-order valence-electron chi connectivity index (χ4n) is 2.26. The number of carbonyl (C=O) groups is 1. The van der Waals surface area contributed by atoms with Crippen molar-refractivity contribution in [3.8, 4) is 0 Å². The van der Waals surface area contributed by atoms with Crippen LogP contribution in [0.1, 0.15) is 36.0 Å². The SMILES string of the molecule is O=C(NC1CCCCC1O)c1cc(F)c(F)c(F)c1F. The van der Waals surface area contributed by atoms with Crippen molar-refractivity contribution < 1.29 is 27.5 Å². The third-order valence-corrected chi connectivity index (χ3v) is 3.39. The van der Waals surface area contributed by atoms with Crippen LogP contribution in [0.15, 0.2) is 6.07 Å². The van der Waals surface area contributed by atoms with Gasteiger partial charge >= 0.3 is 0 Å². The van der Waals surface area contributed by atoms with E-state index in [4.69, 9.17) is 0 Å². The fraction of sp³-hybridized carbons (Fsp3) is 0.462. The van der Waals surface area contributed by atoms with Gasteiger partial charge in [0.05, 0.1) is 17.7 Å². The molecule has 1 saturated carbocycles. The lowest BCUT2D eigenvalue weighted by Gasteiger charge is -2.28.